The number of benzene rings is 2. The number of aliphatic imine (C=N–C) groups is 1. The summed E-state index contributed by atoms with van der Waals surface area (Å²) in [5.74, 6) is 3.15. The Bertz CT molecular complexity index is 783. The van der Waals surface area contributed by atoms with Gasteiger partial charge in [-0.05, 0) is 42.5 Å². The summed E-state index contributed by atoms with van der Waals surface area (Å²) >= 11 is 0. The van der Waals surface area contributed by atoms with Gasteiger partial charge in [-0.25, -0.2) is 0 Å². The average molecular weight is 509 g/mol. The molecule has 1 heterocycles. The highest BCUT2D eigenvalue weighted by atomic mass is 127. The van der Waals surface area contributed by atoms with Gasteiger partial charge < -0.3 is 19.7 Å². The van der Waals surface area contributed by atoms with Gasteiger partial charge >= 0.3 is 0 Å². The van der Waals surface area contributed by atoms with Crippen LogP contribution < -0.4 is 14.8 Å². The van der Waals surface area contributed by atoms with Crippen molar-refractivity contribution in [2.75, 3.05) is 40.9 Å². The van der Waals surface area contributed by atoms with Gasteiger partial charge in [-0.3, -0.25) is 4.99 Å². The highest BCUT2D eigenvalue weighted by Gasteiger charge is 2.25. The minimum absolute atomic E-state index is 0. The fourth-order valence-corrected chi connectivity index (χ4v) is 3.81. The van der Waals surface area contributed by atoms with Crippen molar-refractivity contribution in [3.8, 4) is 11.5 Å². The van der Waals surface area contributed by atoms with Gasteiger partial charge in [0.05, 0.1) is 14.2 Å². The lowest BCUT2D eigenvalue weighted by molar-refractivity contribution is 0.354. The van der Waals surface area contributed by atoms with Crippen molar-refractivity contribution in [1.82, 2.24) is 10.2 Å². The van der Waals surface area contributed by atoms with Crippen LogP contribution in [-0.2, 0) is 6.42 Å². The molecule has 1 aliphatic heterocycles. The molecular weight excluding hydrogens is 477 g/mol. The zero-order chi connectivity index (χ0) is 19.8. The molecule has 3 rings (SSSR count). The molecule has 1 fully saturated rings. The molecule has 1 unspecified atom stereocenters. The number of aryl methyl sites for hydroxylation is 1. The molecule has 1 atom stereocenters. The van der Waals surface area contributed by atoms with Crippen LogP contribution in [0.2, 0.25) is 0 Å². The molecule has 2 aromatic rings. The van der Waals surface area contributed by atoms with Crippen molar-refractivity contribution in [3.63, 3.8) is 0 Å². The Morgan fingerprint density at radius 2 is 1.86 bits per heavy atom. The zero-order valence-corrected chi connectivity index (χ0v) is 19.9. The van der Waals surface area contributed by atoms with Gasteiger partial charge in [0.2, 0.25) is 0 Å². The fourth-order valence-electron chi connectivity index (χ4n) is 3.81. The SMILES string of the molecule is CN=C(NCCCc1ccc(OC)c(OC)c1)N1CCC(c2ccccc2)C1.I. The third kappa shape index (κ3) is 6.26. The van der Waals surface area contributed by atoms with Gasteiger partial charge in [-0.2, -0.15) is 0 Å². The molecule has 158 valence electrons. The number of hydrogen-bond acceptors (Lipinski definition) is 3. The molecule has 0 amide bonds. The highest BCUT2D eigenvalue weighted by Crippen LogP contribution is 2.28. The first-order valence-electron chi connectivity index (χ1n) is 9.96. The predicted molar refractivity (Wildman–Crippen MR) is 130 cm³/mol. The van der Waals surface area contributed by atoms with Gasteiger partial charge in [0, 0.05) is 32.6 Å². The second-order valence-electron chi connectivity index (χ2n) is 7.11. The van der Waals surface area contributed by atoms with Crippen molar-refractivity contribution in [2.45, 2.75) is 25.2 Å². The highest BCUT2D eigenvalue weighted by molar-refractivity contribution is 14.0. The maximum Gasteiger partial charge on any atom is 0.193 e. The second-order valence-corrected chi connectivity index (χ2v) is 7.11. The van der Waals surface area contributed by atoms with Crippen LogP contribution in [0.15, 0.2) is 53.5 Å². The number of halogens is 1. The molecule has 1 aliphatic rings. The number of rotatable bonds is 7. The summed E-state index contributed by atoms with van der Waals surface area (Å²) in [6, 6.07) is 16.9. The molecule has 0 radical (unpaired) electrons. The van der Waals surface area contributed by atoms with Gasteiger partial charge in [0.15, 0.2) is 17.5 Å². The van der Waals surface area contributed by atoms with Crippen molar-refractivity contribution < 1.29 is 9.47 Å². The minimum Gasteiger partial charge on any atom is -0.493 e. The van der Waals surface area contributed by atoms with E-state index >= 15 is 0 Å². The summed E-state index contributed by atoms with van der Waals surface area (Å²) in [6.45, 7) is 2.97. The Labute approximate surface area is 191 Å². The lowest BCUT2D eigenvalue weighted by atomic mass is 9.99. The molecule has 1 saturated heterocycles. The first-order valence-corrected chi connectivity index (χ1v) is 9.96. The van der Waals surface area contributed by atoms with Gasteiger partial charge in [0.25, 0.3) is 0 Å². The normalized spacial score (nSPS) is 16.3. The number of nitrogens with zero attached hydrogens (tertiary/aromatic N) is 2. The molecule has 0 bridgehead atoms. The Morgan fingerprint density at radius 3 is 2.55 bits per heavy atom. The van der Waals surface area contributed by atoms with Crippen molar-refractivity contribution >= 4 is 29.9 Å². The smallest absolute Gasteiger partial charge is 0.193 e. The van der Waals surface area contributed by atoms with Crippen LogP contribution in [0.5, 0.6) is 11.5 Å². The average Bonchev–Trinajstić information content (AvgIpc) is 3.24. The van der Waals surface area contributed by atoms with Crippen molar-refractivity contribution in [2.24, 2.45) is 4.99 Å². The molecule has 29 heavy (non-hydrogen) atoms. The number of nitrogens with one attached hydrogen (secondary N) is 1. The summed E-state index contributed by atoms with van der Waals surface area (Å²) in [5.41, 5.74) is 2.67. The van der Waals surface area contributed by atoms with E-state index in [9.17, 15) is 0 Å². The van der Waals surface area contributed by atoms with E-state index in [1.807, 2.05) is 13.1 Å². The van der Waals surface area contributed by atoms with Crippen molar-refractivity contribution in [1.29, 1.82) is 0 Å². The van der Waals surface area contributed by atoms with Crippen LogP contribution in [0, 0.1) is 0 Å². The lowest BCUT2D eigenvalue weighted by Crippen LogP contribution is -2.40. The largest absolute Gasteiger partial charge is 0.493 e. The first-order chi connectivity index (χ1) is 13.7. The first kappa shape index (κ1) is 23.3. The summed E-state index contributed by atoms with van der Waals surface area (Å²) < 4.78 is 10.7. The van der Waals surface area contributed by atoms with Crippen LogP contribution in [0.1, 0.15) is 29.9 Å². The summed E-state index contributed by atoms with van der Waals surface area (Å²) in [4.78, 5) is 6.86. The van der Waals surface area contributed by atoms with E-state index in [2.05, 4.69) is 57.7 Å². The Kier molecular flexibility index (Phi) is 9.57. The molecule has 0 saturated carbocycles. The second kappa shape index (κ2) is 11.9. The summed E-state index contributed by atoms with van der Waals surface area (Å²) in [5, 5.41) is 3.52. The lowest BCUT2D eigenvalue weighted by Gasteiger charge is -2.22. The molecule has 0 spiro atoms. The van der Waals surface area contributed by atoms with Gasteiger partial charge in [-0.15, -0.1) is 24.0 Å². The van der Waals surface area contributed by atoms with E-state index in [0.717, 1.165) is 49.9 Å². The number of likely N-dealkylation sites (tertiary alicyclic amines) is 1. The maximum absolute atomic E-state index is 5.39. The fraction of sp³-hybridized carbons (Fsp3) is 0.435. The van der Waals surface area contributed by atoms with Gasteiger partial charge in [0.1, 0.15) is 0 Å². The van der Waals surface area contributed by atoms with E-state index in [1.54, 1.807) is 14.2 Å². The minimum atomic E-state index is 0. The van der Waals surface area contributed by atoms with E-state index in [-0.39, 0.29) is 24.0 Å². The van der Waals surface area contributed by atoms with Crippen LogP contribution in [0.4, 0.5) is 0 Å². The zero-order valence-electron chi connectivity index (χ0n) is 17.6. The number of guanidine groups is 1. The monoisotopic (exact) mass is 509 g/mol. The molecule has 1 N–H and O–H groups in total. The van der Waals surface area contributed by atoms with Crippen LogP contribution in [-0.4, -0.2) is 51.8 Å². The number of hydrogen-bond donors (Lipinski definition) is 1. The van der Waals surface area contributed by atoms with E-state index in [0.29, 0.717) is 5.92 Å². The number of methoxy groups -OCH3 is 2. The van der Waals surface area contributed by atoms with Crippen LogP contribution >= 0.6 is 24.0 Å². The topological polar surface area (TPSA) is 46.1 Å². The van der Waals surface area contributed by atoms with E-state index < -0.39 is 0 Å². The molecule has 6 heteroatoms. The Morgan fingerprint density at radius 1 is 1.10 bits per heavy atom. The number of ether oxygens (including phenoxy) is 2. The van der Waals surface area contributed by atoms with Crippen LogP contribution in [0.25, 0.3) is 0 Å². The molecular formula is C23H32IN3O2. The van der Waals surface area contributed by atoms with E-state index in [1.165, 1.54) is 17.5 Å². The maximum atomic E-state index is 5.39. The van der Waals surface area contributed by atoms with Crippen molar-refractivity contribution in [3.05, 3.63) is 59.7 Å². The molecule has 2 aromatic carbocycles. The third-order valence-electron chi connectivity index (χ3n) is 5.34. The summed E-state index contributed by atoms with van der Waals surface area (Å²) in [7, 11) is 5.20. The molecule has 0 aliphatic carbocycles. The van der Waals surface area contributed by atoms with Gasteiger partial charge in [-0.1, -0.05) is 36.4 Å². The van der Waals surface area contributed by atoms with Crippen LogP contribution in [0.3, 0.4) is 0 Å². The summed E-state index contributed by atoms with van der Waals surface area (Å²) in [6.07, 6.45) is 3.19. The third-order valence-corrected chi connectivity index (χ3v) is 5.34. The molecule has 5 nitrogen and oxygen atoms in total. The Balaban J connectivity index is 0.00000300. The molecule has 0 aromatic heterocycles. The standard InChI is InChI=1S/C23H31N3O2.HI/c1-24-23(26-15-13-20(17-26)19-9-5-4-6-10-19)25-14-7-8-18-11-12-21(27-2)22(16-18)28-3;/h4-6,9-12,16,20H,7-8,13-15,17H2,1-3H3,(H,24,25);1H. The predicted octanol–water partition coefficient (Wildman–Crippen LogP) is 4.32. The quantitative estimate of drug-likeness (QED) is 0.262. The van der Waals surface area contributed by atoms with E-state index in [4.69, 9.17) is 9.47 Å². The Hall–Kier alpha value is -1.96.